The van der Waals surface area contributed by atoms with Gasteiger partial charge in [-0.15, -0.1) is 0 Å². The molecule has 6 rings (SSSR count). The molecule has 7 nitrogen and oxygen atoms in total. The molecule has 1 aromatic heterocycles. The van der Waals surface area contributed by atoms with Crippen molar-refractivity contribution in [3.63, 3.8) is 0 Å². The van der Waals surface area contributed by atoms with E-state index in [0.717, 1.165) is 4.57 Å². The molecule has 0 saturated carbocycles. The zero-order chi connectivity index (χ0) is 17.3. The molecule has 25 heavy (non-hydrogen) atoms. The van der Waals surface area contributed by atoms with Gasteiger partial charge in [-0.25, -0.2) is 28.3 Å². The lowest BCUT2D eigenvalue weighted by atomic mass is 9.61. The molecule has 2 bridgehead atoms. The zero-order valence-electron chi connectivity index (χ0n) is 13.4. The van der Waals surface area contributed by atoms with Gasteiger partial charge in [-0.2, -0.15) is 0 Å². The molecule has 0 saturated heterocycles. The molecule has 2 aliphatic carbocycles. The van der Waals surface area contributed by atoms with Crippen molar-refractivity contribution in [1.82, 2.24) is 13.9 Å². The van der Waals surface area contributed by atoms with Gasteiger partial charge in [0.15, 0.2) is 5.54 Å². The van der Waals surface area contributed by atoms with Gasteiger partial charge in [0.1, 0.15) is 0 Å². The van der Waals surface area contributed by atoms with E-state index in [1.54, 1.807) is 30.3 Å². The van der Waals surface area contributed by atoms with E-state index in [0.29, 0.717) is 5.69 Å². The summed E-state index contributed by atoms with van der Waals surface area (Å²) in [6.45, 7) is 0. The highest BCUT2D eigenvalue weighted by molar-refractivity contribution is 5.83. The van der Waals surface area contributed by atoms with E-state index in [1.807, 2.05) is 24.3 Å². The topological polar surface area (TPSA) is 75.2 Å². The molecule has 2 aliphatic heterocycles. The summed E-state index contributed by atoms with van der Waals surface area (Å²) < 4.78 is 8.81. The van der Waals surface area contributed by atoms with Crippen LogP contribution in [0.25, 0.3) is 5.69 Å². The van der Waals surface area contributed by atoms with Gasteiger partial charge in [0, 0.05) is 11.8 Å². The molecule has 126 valence electrons. The number of benzene rings is 1. The first-order chi connectivity index (χ1) is 12.1. The third-order valence-electron chi connectivity index (χ3n) is 5.54. The number of allylic oxidation sites excluding steroid dienone is 3. The van der Waals surface area contributed by atoms with Crippen molar-refractivity contribution in [2.24, 2.45) is 11.8 Å². The molecule has 0 radical (unpaired) electrons. The summed E-state index contributed by atoms with van der Waals surface area (Å²) in [6.07, 6.45) is 7.44. The van der Waals surface area contributed by atoms with Crippen molar-refractivity contribution in [2.45, 2.75) is 11.6 Å². The molecule has 2 aromatic rings. The Morgan fingerprint density at radius 3 is 2.48 bits per heavy atom. The molecular formula is C18H15N3O4. The summed E-state index contributed by atoms with van der Waals surface area (Å²) >= 11 is 0. The van der Waals surface area contributed by atoms with E-state index in [1.165, 1.54) is 16.5 Å². The molecule has 3 heterocycles. The second-order valence-corrected chi connectivity index (χ2v) is 6.55. The van der Waals surface area contributed by atoms with E-state index < -0.39 is 22.9 Å². The monoisotopic (exact) mass is 337 g/mol. The highest BCUT2D eigenvalue weighted by Crippen LogP contribution is 2.53. The highest BCUT2D eigenvalue weighted by Gasteiger charge is 2.61. The van der Waals surface area contributed by atoms with Gasteiger partial charge in [0.25, 0.3) is 0 Å². The number of ether oxygens (including phenoxy) is 1. The molecule has 0 amide bonds. The highest BCUT2D eigenvalue weighted by atomic mass is 16.5. The van der Waals surface area contributed by atoms with Gasteiger partial charge >= 0.3 is 17.3 Å². The normalized spacial score (nSPS) is 30.5. The fourth-order valence-electron chi connectivity index (χ4n) is 4.36. The van der Waals surface area contributed by atoms with Crippen molar-refractivity contribution in [3.05, 3.63) is 75.6 Å². The Balaban J connectivity index is 1.88. The predicted octanol–water partition coefficient (Wildman–Crippen LogP) is 0.596. The lowest BCUT2D eigenvalue weighted by molar-refractivity contribution is -0.156. The van der Waals surface area contributed by atoms with Crippen LogP contribution in [0.1, 0.15) is 6.04 Å². The molecule has 1 aromatic carbocycles. The van der Waals surface area contributed by atoms with E-state index >= 15 is 0 Å². The standard InChI is InChI=1S/C18H15N3O4/c1-25-15(22)18-10-9-14(12-7-8-13(12)18)20-16(23)19(17(24)21(18)20)11-5-3-2-4-6-11/h2-10,12-14H,1H3/t12-,13-,14+,18-/m1/s1. The number of nitrogens with zero attached hydrogens (tertiary/aromatic N) is 3. The van der Waals surface area contributed by atoms with Crippen molar-refractivity contribution in [2.75, 3.05) is 7.11 Å². The molecule has 0 fully saturated rings. The smallest absolute Gasteiger partial charge is 0.353 e. The van der Waals surface area contributed by atoms with E-state index in [9.17, 15) is 14.4 Å². The Bertz CT molecular complexity index is 1070. The largest absolute Gasteiger partial charge is 0.467 e. The van der Waals surface area contributed by atoms with Crippen molar-refractivity contribution >= 4 is 5.97 Å². The zero-order valence-corrected chi connectivity index (χ0v) is 13.4. The molecule has 4 aliphatic rings. The summed E-state index contributed by atoms with van der Waals surface area (Å²) in [5, 5.41) is 0. The second kappa shape index (κ2) is 4.50. The first-order valence-corrected chi connectivity index (χ1v) is 8.10. The first kappa shape index (κ1) is 14.3. The van der Waals surface area contributed by atoms with Crippen LogP contribution in [0.5, 0.6) is 0 Å². The number of aromatic nitrogens is 3. The maximum absolute atomic E-state index is 13.2. The average Bonchev–Trinajstić information content (AvgIpc) is 2.87. The van der Waals surface area contributed by atoms with Crippen LogP contribution >= 0.6 is 0 Å². The summed E-state index contributed by atoms with van der Waals surface area (Å²) in [5.74, 6) is -0.714. The lowest BCUT2D eigenvalue weighted by Crippen LogP contribution is -2.64. The Labute approximate surface area is 142 Å². The van der Waals surface area contributed by atoms with Crippen LogP contribution in [-0.2, 0) is 15.1 Å². The van der Waals surface area contributed by atoms with Gasteiger partial charge in [-0.1, -0.05) is 36.4 Å². The number of hydrogen-bond donors (Lipinski definition) is 0. The summed E-state index contributed by atoms with van der Waals surface area (Å²) in [4.78, 5) is 38.9. The predicted molar refractivity (Wildman–Crippen MR) is 88.6 cm³/mol. The van der Waals surface area contributed by atoms with Crippen molar-refractivity contribution < 1.29 is 9.53 Å². The summed E-state index contributed by atoms with van der Waals surface area (Å²) in [6, 6.07) is 8.46. The van der Waals surface area contributed by atoms with Gasteiger partial charge in [0.2, 0.25) is 0 Å². The Kier molecular flexibility index (Phi) is 2.57. The molecule has 0 unspecified atom stereocenters. The van der Waals surface area contributed by atoms with Crippen LogP contribution in [0.3, 0.4) is 0 Å². The van der Waals surface area contributed by atoms with Crippen LogP contribution in [0.2, 0.25) is 0 Å². The van der Waals surface area contributed by atoms with E-state index in [2.05, 4.69) is 0 Å². The van der Waals surface area contributed by atoms with Crippen LogP contribution in [0.15, 0.2) is 64.2 Å². The molecule has 0 spiro atoms. The van der Waals surface area contributed by atoms with Gasteiger partial charge < -0.3 is 4.74 Å². The molecule has 7 heteroatoms. The number of esters is 1. The fraction of sp³-hybridized carbons (Fsp3) is 0.278. The Morgan fingerprint density at radius 1 is 1.08 bits per heavy atom. The van der Waals surface area contributed by atoms with Gasteiger partial charge in [-0.3, -0.25) is 0 Å². The molecule has 4 atom stereocenters. The Morgan fingerprint density at radius 2 is 1.84 bits per heavy atom. The fourth-order valence-corrected chi connectivity index (χ4v) is 4.36. The maximum atomic E-state index is 13.2. The minimum absolute atomic E-state index is 0.00724. The van der Waals surface area contributed by atoms with Crippen LogP contribution in [-0.4, -0.2) is 27.0 Å². The third kappa shape index (κ3) is 1.45. The van der Waals surface area contributed by atoms with Crippen LogP contribution in [0, 0.1) is 11.8 Å². The molecule has 0 N–H and O–H groups in total. The number of rotatable bonds is 2. The van der Waals surface area contributed by atoms with Crippen molar-refractivity contribution in [1.29, 1.82) is 0 Å². The van der Waals surface area contributed by atoms with Crippen molar-refractivity contribution in [3.8, 4) is 5.69 Å². The summed E-state index contributed by atoms with van der Waals surface area (Å²) in [7, 11) is 1.30. The number of para-hydroxylation sites is 1. The minimum Gasteiger partial charge on any atom is -0.467 e. The SMILES string of the molecule is COC(=O)[C@@]12C=C[C@@H]([C@@H]3C=C[C@H]31)n1c(=O)n(-c3ccccc3)c(=O)n12. The second-order valence-electron chi connectivity index (χ2n) is 6.55. The molecular weight excluding hydrogens is 322 g/mol. The average molecular weight is 337 g/mol. The van der Waals surface area contributed by atoms with E-state index in [4.69, 9.17) is 4.74 Å². The number of carbonyl (C=O) groups excluding carboxylic acids is 1. The minimum atomic E-state index is -1.31. The number of carbonyl (C=O) groups is 1. The number of hydrogen-bond acceptors (Lipinski definition) is 4. The maximum Gasteiger partial charge on any atom is 0.353 e. The van der Waals surface area contributed by atoms with E-state index in [-0.39, 0.29) is 17.9 Å². The Hall–Kier alpha value is -3.09. The van der Waals surface area contributed by atoms with Gasteiger partial charge in [-0.05, 0) is 18.2 Å². The number of methoxy groups -OCH3 is 1. The van der Waals surface area contributed by atoms with Crippen LogP contribution in [0.4, 0.5) is 0 Å². The third-order valence-corrected chi connectivity index (χ3v) is 5.54. The summed E-state index contributed by atoms with van der Waals surface area (Å²) in [5.41, 5.74) is -1.81. The quantitative estimate of drug-likeness (QED) is 0.594. The van der Waals surface area contributed by atoms with Crippen LogP contribution < -0.4 is 11.4 Å². The lowest BCUT2D eigenvalue weighted by Gasteiger charge is -2.53. The van der Waals surface area contributed by atoms with Gasteiger partial charge in [0.05, 0.1) is 18.8 Å². The first-order valence-electron chi connectivity index (χ1n) is 8.10.